The van der Waals surface area contributed by atoms with Crippen LogP contribution in [-0.2, 0) is 4.74 Å². The molecule has 3 heteroatoms. The fourth-order valence-corrected chi connectivity index (χ4v) is 0.997. The van der Waals surface area contributed by atoms with Crippen LogP contribution in [0, 0.1) is 5.92 Å². The molecule has 0 radical (unpaired) electrons. The van der Waals surface area contributed by atoms with E-state index in [0.29, 0.717) is 18.4 Å². The molecule has 74 valence electrons. The van der Waals surface area contributed by atoms with Crippen LogP contribution in [0.3, 0.4) is 0 Å². The Morgan fingerprint density at radius 2 is 2.23 bits per heavy atom. The second-order valence-electron chi connectivity index (χ2n) is 4.35. The van der Waals surface area contributed by atoms with E-state index in [9.17, 15) is 0 Å². The van der Waals surface area contributed by atoms with Gasteiger partial charge in [-0.1, -0.05) is 13.8 Å². The van der Waals surface area contributed by atoms with Crippen molar-refractivity contribution in [3.05, 3.63) is 11.8 Å². The summed E-state index contributed by atoms with van der Waals surface area (Å²) in [7, 11) is 0. The van der Waals surface area contributed by atoms with Crippen LogP contribution in [0.15, 0.2) is 16.8 Å². The molecular weight excluding hydrogens is 164 g/mol. The van der Waals surface area contributed by atoms with E-state index in [2.05, 4.69) is 4.99 Å². The van der Waals surface area contributed by atoms with Crippen LogP contribution in [0.5, 0.6) is 0 Å². The first-order valence-electron chi connectivity index (χ1n) is 4.60. The normalized spacial score (nSPS) is 21.6. The largest absolute Gasteiger partial charge is 0.475 e. The van der Waals surface area contributed by atoms with Gasteiger partial charge in [0, 0.05) is 11.8 Å². The lowest BCUT2D eigenvalue weighted by Gasteiger charge is -2.07. The topological polar surface area (TPSA) is 47.6 Å². The quantitative estimate of drug-likeness (QED) is 0.706. The van der Waals surface area contributed by atoms with Crippen LogP contribution in [0.2, 0.25) is 0 Å². The van der Waals surface area contributed by atoms with Gasteiger partial charge in [0.15, 0.2) is 0 Å². The minimum Gasteiger partial charge on any atom is -0.475 e. The molecule has 1 aliphatic heterocycles. The lowest BCUT2D eigenvalue weighted by molar-refractivity contribution is 0.280. The van der Waals surface area contributed by atoms with Gasteiger partial charge in [0.2, 0.25) is 5.90 Å². The molecule has 13 heavy (non-hydrogen) atoms. The van der Waals surface area contributed by atoms with Gasteiger partial charge in [-0.25, -0.2) is 4.99 Å². The molecule has 0 bridgehead atoms. The number of rotatable bonds is 2. The molecule has 0 saturated heterocycles. The SMILES string of the molecule is CC(C)C(N)=CC1=NC(C)(C)CO1. The third-order valence-corrected chi connectivity index (χ3v) is 1.94. The van der Waals surface area contributed by atoms with E-state index in [1.54, 1.807) is 0 Å². The van der Waals surface area contributed by atoms with E-state index in [4.69, 9.17) is 10.5 Å². The maximum Gasteiger partial charge on any atom is 0.211 e. The summed E-state index contributed by atoms with van der Waals surface area (Å²) in [6.45, 7) is 8.82. The summed E-state index contributed by atoms with van der Waals surface area (Å²) < 4.78 is 5.38. The van der Waals surface area contributed by atoms with Gasteiger partial charge >= 0.3 is 0 Å². The van der Waals surface area contributed by atoms with Crippen LogP contribution >= 0.6 is 0 Å². The summed E-state index contributed by atoms with van der Waals surface area (Å²) in [6.07, 6.45) is 1.82. The van der Waals surface area contributed by atoms with Crippen molar-refractivity contribution in [3.8, 4) is 0 Å². The van der Waals surface area contributed by atoms with Crippen LogP contribution in [0.1, 0.15) is 27.7 Å². The smallest absolute Gasteiger partial charge is 0.211 e. The van der Waals surface area contributed by atoms with E-state index in [-0.39, 0.29) is 5.54 Å². The molecule has 0 unspecified atom stereocenters. The van der Waals surface area contributed by atoms with Gasteiger partial charge in [-0.05, 0) is 19.8 Å². The molecule has 3 nitrogen and oxygen atoms in total. The van der Waals surface area contributed by atoms with E-state index < -0.39 is 0 Å². The third-order valence-electron chi connectivity index (χ3n) is 1.94. The number of ether oxygens (including phenoxy) is 1. The molecular formula is C10H18N2O. The Morgan fingerprint density at radius 3 is 2.62 bits per heavy atom. The van der Waals surface area contributed by atoms with Crippen molar-refractivity contribution in [2.24, 2.45) is 16.6 Å². The zero-order valence-electron chi connectivity index (χ0n) is 8.79. The minimum absolute atomic E-state index is 0.0942. The van der Waals surface area contributed by atoms with Crippen LogP contribution in [0.25, 0.3) is 0 Å². The summed E-state index contributed by atoms with van der Waals surface area (Å²) in [5, 5.41) is 0. The highest BCUT2D eigenvalue weighted by molar-refractivity contribution is 5.89. The standard InChI is InChI=1S/C10H18N2O/c1-7(2)8(11)5-9-12-10(3,4)6-13-9/h5,7H,6,11H2,1-4H3. The molecule has 0 amide bonds. The fourth-order valence-electron chi connectivity index (χ4n) is 0.997. The number of hydrogen-bond acceptors (Lipinski definition) is 3. The zero-order valence-corrected chi connectivity index (χ0v) is 8.79. The minimum atomic E-state index is -0.0942. The Morgan fingerprint density at radius 1 is 1.62 bits per heavy atom. The zero-order chi connectivity index (χ0) is 10.1. The molecule has 2 N–H and O–H groups in total. The molecule has 0 fully saturated rings. The summed E-state index contributed by atoms with van der Waals surface area (Å²) in [5.41, 5.74) is 6.51. The van der Waals surface area contributed by atoms with Crippen molar-refractivity contribution in [2.75, 3.05) is 6.61 Å². The molecule has 0 aromatic rings. The van der Waals surface area contributed by atoms with E-state index in [1.165, 1.54) is 0 Å². The fraction of sp³-hybridized carbons (Fsp3) is 0.700. The highest BCUT2D eigenvalue weighted by Crippen LogP contribution is 2.18. The van der Waals surface area contributed by atoms with Gasteiger partial charge in [0.05, 0.1) is 5.54 Å². The van der Waals surface area contributed by atoms with Gasteiger partial charge in [-0.15, -0.1) is 0 Å². The second-order valence-corrected chi connectivity index (χ2v) is 4.35. The second kappa shape index (κ2) is 3.40. The highest BCUT2D eigenvalue weighted by atomic mass is 16.5. The van der Waals surface area contributed by atoms with Crippen LogP contribution in [0.4, 0.5) is 0 Å². The van der Waals surface area contributed by atoms with Crippen LogP contribution < -0.4 is 5.73 Å². The lowest BCUT2D eigenvalue weighted by Crippen LogP contribution is -2.17. The highest BCUT2D eigenvalue weighted by Gasteiger charge is 2.25. The average Bonchev–Trinajstić information content (AvgIpc) is 2.30. The van der Waals surface area contributed by atoms with E-state index in [1.807, 2.05) is 33.8 Å². The molecule has 0 saturated carbocycles. The monoisotopic (exact) mass is 182 g/mol. The molecule has 0 aromatic heterocycles. The van der Waals surface area contributed by atoms with E-state index >= 15 is 0 Å². The van der Waals surface area contributed by atoms with Gasteiger partial charge < -0.3 is 10.5 Å². The summed E-state index contributed by atoms with van der Waals surface area (Å²) in [5.74, 6) is 1.01. The average molecular weight is 182 g/mol. The van der Waals surface area contributed by atoms with Crippen molar-refractivity contribution in [3.63, 3.8) is 0 Å². The number of allylic oxidation sites excluding steroid dienone is 1. The summed E-state index contributed by atoms with van der Waals surface area (Å²) in [4.78, 5) is 4.38. The molecule has 0 aliphatic carbocycles. The Kier molecular flexibility index (Phi) is 2.64. The van der Waals surface area contributed by atoms with Gasteiger partial charge in [-0.2, -0.15) is 0 Å². The Balaban J connectivity index is 2.72. The van der Waals surface area contributed by atoms with Gasteiger partial charge in [-0.3, -0.25) is 0 Å². The lowest BCUT2D eigenvalue weighted by atomic mass is 10.1. The van der Waals surface area contributed by atoms with Crippen molar-refractivity contribution in [2.45, 2.75) is 33.2 Å². The Labute approximate surface area is 79.7 Å². The van der Waals surface area contributed by atoms with E-state index in [0.717, 1.165) is 5.70 Å². The maximum atomic E-state index is 5.79. The summed E-state index contributed by atoms with van der Waals surface area (Å²) >= 11 is 0. The maximum absolute atomic E-state index is 5.79. The van der Waals surface area contributed by atoms with Gasteiger partial charge in [0.1, 0.15) is 6.61 Å². The number of nitrogens with zero attached hydrogens (tertiary/aromatic N) is 1. The molecule has 0 aromatic carbocycles. The Bertz CT molecular complexity index is 252. The molecule has 0 atom stereocenters. The number of aliphatic imine (C=N–C) groups is 1. The Hall–Kier alpha value is -0.990. The van der Waals surface area contributed by atoms with Crippen molar-refractivity contribution in [1.29, 1.82) is 0 Å². The first-order valence-corrected chi connectivity index (χ1v) is 4.60. The van der Waals surface area contributed by atoms with Crippen molar-refractivity contribution in [1.82, 2.24) is 0 Å². The summed E-state index contributed by atoms with van der Waals surface area (Å²) in [6, 6.07) is 0. The number of hydrogen-bond donors (Lipinski definition) is 1. The molecule has 1 heterocycles. The van der Waals surface area contributed by atoms with Gasteiger partial charge in [0.25, 0.3) is 0 Å². The van der Waals surface area contributed by atoms with Crippen molar-refractivity contribution < 1.29 is 4.74 Å². The molecule has 1 rings (SSSR count). The van der Waals surface area contributed by atoms with Crippen molar-refractivity contribution >= 4 is 5.90 Å². The first kappa shape index (κ1) is 10.1. The van der Waals surface area contributed by atoms with Crippen LogP contribution in [-0.4, -0.2) is 18.0 Å². The third kappa shape index (κ3) is 2.76. The number of nitrogens with two attached hydrogens (primary N) is 1. The molecule has 1 aliphatic rings. The predicted octanol–water partition coefficient (Wildman–Crippen LogP) is 1.69. The first-order chi connectivity index (χ1) is 5.91. The molecule has 0 spiro atoms. The predicted molar refractivity (Wildman–Crippen MR) is 54.6 cm³/mol.